The van der Waals surface area contributed by atoms with Crippen LogP contribution in [0.4, 0.5) is 0 Å². The van der Waals surface area contributed by atoms with Gasteiger partial charge in [0, 0.05) is 71.5 Å². The Balaban J connectivity index is 0.00000363. The fourth-order valence-corrected chi connectivity index (χ4v) is 4.63. The van der Waals surface area contributed by atoms with Crippen molar-refractivity contribution in [1.29, 1.82) is 0 Å². The van der Waals surface area contributed by atoms with Crippen molar-refractivity contribution in [2.75, 3.05) is 65.4 Å². The number of rotatable bonds is 10. The molecule has 0 saturated carbocycles. The molecule has 1 aromatic rings. The van der Waals surface area contributed by atoms with E-state index >= 15 is 0 Å². The minimum atomic E-state index is 0. The molecule has 2 fully saturated rings. The van der Waals surface area contributed by atoms with Crippen molar-refractivity contribution in [3.8, 4) is 0 Å². The lowest BCUT2D eigenvalue weighted by molar-refractivity contribution is 0.127. The van der Waals surface area contributed by atoms with Gasteiger partial charge in [-0.25, -0.2) is 0 Å². The number of aliphatic imine (C=N–C) groups is 1. The number of hydrogen-bond donors (Lipinski definition) is 2. The summed E-state index contributed by atoms with van der Waals surface area (Å²) in [6, 6.07) is 11.4. The van der Waals surface area contributed by atoms with Gasteiger partial charge >= 0.3 is 0 Å². The van der Waals surface area contributed by atoms with Crippen molar-refractivity contribution in [2.24, 2.45) is 4.99 Å². The molecule has 0 bridgehead atoms. The maximum atomic E-state index is 4.86. The van der Waals surface area contributed by atoms with E-state index in [0.717, 1.165) is 38.6 Å². The maximum absolute atomic E-state index is 4.86. The molecule has 0 atom stereocenters. The van der Waals surface area contributed by atoms with E-state index in [4.69, 9.17) is 4.99 Å². The Labute approximate surface area is 213 Å². The molecule has 0 aliphatic carbocycles. The summed E-state index contributed by atoms with van der Waals surface area (Å²) in [6.45, 7) is 16.8. The molecule has 1 aromatic carbocycles. The van der Waals surface area contributed by atoms with Crippen LogP contribution < -0.4 is 10.6 Å². The lowest BCUT2D eigenvalue weighted by Crippen LogP contribution is -2.49. The van der Waals surface area contributed by atoms with Gasteiger partial charge in [0.15, 0.2) is 5.96 Å². The average Bonchev–Trinajstić information content (AvgIpc) is 2.80. The van der Waals surface area contributed by atoms with Crippen LogP contribution in [-0.4, -0.2) is 92.1 Å². The molecule has 2 saturated heterocycles. The van der Waals surface area contributed by atoms with Gasteiger partial charge in [-0.1, -0.05) is 37.3 Å². The molecule has 7 heteroatoms. The highest BCUT2D eigenvalue weighted by molar-refractivity contribution is 14.0. The Bertz CT molecular complexity index is 625. The van der Waals surface area contributed by atoms with Gasteiger partial charge in [-0.2, -0.15) is 0 Å². The van der Waals surface area contributed by atoms with E-state index in [0.29, 0.717) is 6.04 Å². The highest BCUT2D eigenvalue weighted by Gasteiger charge is 2.19. The molecule has 0 spiro atoms. The number of piperazine rings is 1. The number of halogens is 1. The van der Waals surface area contributed by atoms with Crippen molar-refractivity contribution in [2.45, 2.75) is 52.1 Å². The molecule has 6 nitrogen and oxygen atoms in total. The van der Waals surface area contributed by atoms with Gasteiger partial charge in [0.1, 0.15) is 0 Å². The lowest BCUT2D eigenvalue weighted by Gasteiger charge is -2.34. The molecule has 0 amide bonds. The number of guanidine groups is 1. The second-order valence-corrected chi connectivity index (χ2v) is 8.98. The zero-order valence-corrected chi connectivity index (χ0v) is 22.6. The third-order valence-electron chi connectivity index (χ3n) is 6.43. The predicted octanol–water partition coefficient (Wildman–Crippen LogP) is 3.24. The molecular weight excluding hydrogens is 511 g/mol. The molecule has 0 aromatic heterocycles. The standard InChI is InChI=1S/C25H44N6.HI/c1-3-14-29-16-11-24(12-17-29)28-25(26-4-2)27-13-8-15-30-18-20-31(21-19-30)22-23-9-6-5-7-10-23;/h5-7,9-10,24H,3-4,8,11-22H2,1-2H3,(H2,26,27,28);1H. The van der Waals surface area contributed by atoms with Gasteiger partial charge in [-0.15, -0.1) is 24.0 Å². The van der Waals surface area contributed by atoms with Crippen molar-refractivity contribution >= 4 is 29.9 Å². The van der Waals surface area contributed by atoms with Crippen LogP contribution in [0.2, 0.25) is 0 Å². The first-order valence-corrected chi connectivity index (χ1v) is 12.5. The summed E-state index contributed by atoms with van der Waals surface area (Å²) >= 11 is 0. The number of nitrogens with zero attached hydrogens (tertiary/aromatic N) is 4. The fourth-order valence-electron chi connectivity index (χ4n) is 4.63. The van der Waals surface area contributed by atoms with Crippen LogP contribution in [0.1, 0.15) is 45.1 Å². The minimum Gasteiger partial charge on any atom is -0.357 e. The summed E-state index contributed by atoms with van der Waals surface area (Å²) in [5.74, 6) is 1.00. The average molecular weight is 557 g/mol. The molecule has 2 aliphatic rings. The normalized spacial score (nSPS) is 19.5. The molecule has 32 heavy (non-hydrogen) atoms. The SMILES string of the molecule is CCCN1CCC(NC(=NCCCN2CCN(Cc3ccccc3)CC2)NCC)CC1.I. The summed E-state index contributed by atoms with van der Waals surface area (Å²) in [7, 11) is 0. The smallest absolute Gasteiger partial charge is 0.191 e. The molecular formula is C25H45IN6. The minimum absolute atomic E-state index is 0. The second-order valence-electron chi connectivity index (χ2n) is 8.98. The van der Waals surface area contributed by atoms with Crippen molar-refractivity contribution in [3.63, 3.8) is 0 Å². The molecule has 182 valence electrons. The largest absolute Gasteiger partial charge is 0.357 e. The van der Waals surface area contributed by atoms with E-state index in [1.54, 1.807) is 0 Å². The Morgan fingerprint density at radius 3 is 2.22 bits per heavy atom. The zero-order chi connectivity index (χ0) is 21.7. The number of nitrogens with one attached hydrogen (secondary N) is 2. The van der Waals surface area contributed by atoms with Crippen LogP contribution in [0.15, 0.2) is 35.3 Å². The number of hydrogen-bond acceptors (Lipinski definition) is 4. The van der Waals surface area contributed by atoms with E-state index in [1.165, 1.54) is 70.6 Å². The Morgan fingerprint density at radius 1 is 0.906 bits per heavy atom. The first-order valence-electron chi connectivity index (χ1n) is 12.5. The summed E-state index contributed by atoms with van der Waals surface area (Å²) in [6.07, 6.45) is 4.82. The maximum Gasteiger partial charge on any atom is 0.191 e. The Morgan fingerprint density at radius 2 is 1.56 bits per heavy atom. The van der Waals surface area contributed by atoms with Gasteiger partial charge in [0.2, 0.25) is 0 Å². The van der Waals surface area contributed by atoms with Crippen LogP contribution in [-0.2, 0) is 6.54 Å². The summed E-state index contributed by atoms with van der Waals surface area (Å²) in [5.41, 5.74) is 1.42. The Kier molecular flexibility index (Phi) is 13.5. The molecule has 3 rings (SSSR count). The molecule has 2 N–H and O–H groups in total. The van der Waals surface area contributed by atoms with E-state index in [2.05, 4.69) is 69.5 Å². The summed E-state index contributed by atoms with van der Waals surface area (Å²) in [5, 5.41) is 7.12. The van der Waals surface area contributed by atoms with Gasteiger partial charge in [-0.3, -0.25) is 9.89 Å². The highest BCUT2D eigenvalue weighted by atomic mass is 127. The first kappa shape index (κ1) is 27.3. The summed E-state index contributed by atoms with van der Waals surface area (Å²) < 4.78 is 0. The molecule has 0 radical (unpaired) electrons. The van der Waals surface area contributed by atoms with Crippen molar-refractivity contribution < 1.29 is 0 Å². The van der Waals surface area contributed by atoms with E-state index < -0.39 is 0 Å². The monoisotopic (exact) mass is 556 g/mol. The first-order chi connectivity index (χ1) is 15.3. The highest BCUT2D eigenvalue weighted by Crippen LogP contribution is 2.11. The number of piperidine rings is 1. The van der Waals surface area contributed by atoms with E-state index in [-0.39, 0.29) is 24.0 Å². The predicted molar refractivity (Wildman–Crippen MR) is 147 cm³/mol. The topological polar surface area (TPSA) is 46.1 Å². The molecule has 2 heterocycles. The van der Waals surface area contributed by atoms with E-state index in [9.17, 15) is 0 Å². The van der Waals surface area contributed by atoms with Crippen LogP contribution in [0, 0.1) is 0 Å². The summed E-state index contributed by atoms with van der Waals surface area (Å²) in [4.78, 5) is 12.6. The Hall–Kier alpha value is -0.900. The van der Waals surface area contributed by atoms with Gasteiger partial charge < -0.3 is 20.4 Å². The third-order valence-corrected chi connectivity index (χ3v) is 6.43. The number of likely N-dealkylation sites (tertiary alicyclic amines) is 1. The lowest BCUT2D eigenvalue weighted by atomic mass is 10.1. The third kappa shape index (κ3) is 9.93. The van der Waals surface area contributed by atoms with Crippen LogP contribution >= 0.6 is 24.0 Å². The van der Waals surface area contributed by atoms with Crippen LogP contribution in [0.5, 0.6) is 0 Å². The number of benzene rings is 1. The van der Waals surface area contributed by atoms with Crippen molar-refractivity contribution in [3.05, 3.63) is 35.9 Å². The van der Waals surface area contributed by atoms with E-state index in [1.807, 2.05) is 0 Å². The van der Waals surface area contributed by atoms with Gasteiger partial charge in [0.05, 0.1) is 0 Å². The van der Waals surface area contributed by atoms with Crippen LogP contribution in [0.3, 0.4) is 0 Å². The molecule has 0 unspecified atom stereocenters. The quantitative estimate of drug-likeness (QED) is 0.201. The van der Waals surface area contributed by atoms with Crippen LogP contribution in [0.25, 0.3) is 0 Å². The molecule has 2 aliphatic heterocycles. The van der Waals surface area contributed by atoms with Gasteiger partial charge in [0.25, 0.3) is 0 Å². The fraction of sp³-hybridized carbons (Fsp3) is 0.720. The zero-order valence-electron chi connectivity index (χ0n) is 20.3. The van der Waals surface area contributed by atoms with Gasteiger partial charge in [-0.05, 0) is 44.7 Å². The van der Waals surface area contributed by atoms with Crippen molar-refractivity contribution in [1.82, 2.24) is 25.3 Å². The second kappa shape index (κ2) is 15.9.